The minimum absolute atomic E-state index is 0.255. The van der Waals surface area contributed by atoms with Gasteiger partial charge >= 0.3 is 18.3 Å². The highest BCUT2D eigenvalue weighted by molar-refractivity contribution is 5.88. The van der Waals surface area contributed by atoms with Gasteiger partial charge in [-0.05, 0) is 6.07 Å². The van der Waals surface area contributed by atoms with E-state index in [-0.39, 0.29) is 6.07 Å². The summed E-state index contributed by atoms with van der Waals surface area (Å²) in [6.45, 7) is 0. The second-order valence-electron chi connectivity index (χ2n) is 3.74. The van der Waals surface area contributed by atoms with E-state index in [1.165, 1.54) is 0 Å². The molecule has 0 saturated carbocycles. The molecule has 1 N–H and O–H groups in total. The van der Waals surface area contributed by atoms with Gasteiger partial charge in [-0.25, -0.2) is 18.0 Å². The number of rotatable bonds is 4. The third kappa shape index (κ3) is 3.36. The van der Waals surface area contributed by atoms with Crippen molar-refractivity contribution in [2.45, 2.75) is 18.5 Å². The van der Waals surface area contributed by atoms with Crippen LogP contribution in [0.4, 0.5) is 39.5 Å². The monoisotopic (exact) mass is 342 g/mol. The smallest absolute Gasteiger partial charge is 0.439 e. The van der Waals surface area contributed by atoms with Gasteiger partial charge in [0, 0.05) is 0 Å². The second kappa shape index (κ2) is 5.57. The first-order valence-electron chi connectivity index (χ1n) is 4.97. The van der Waals surface area contributed by atoms with E-state index in [0.29, 0.717) is 0 Å². The number of carbonyl (C=O) groups is 1. The van der Waals surface area contributed by atoms with Crippen LogP contribution in [0.3, 0.4) is 0 Å². The number of alkyl halides is 6. The highest BCUT2D eigenvalue weighted by atomic mass is 19.4. The first kappa shape index (κ1) is 17.9. The van der Waals surface area contributed by atoms with Gasteiger partial charge in [-0.3, -0.25) is 0 Å². The molecule has 1 atom stereocenters. The summed E-state index contributed by atoms with van der Waals surface area (Å²) >= 11 is 0. The van der Waals surface area contributed by atoms with Crippen molar-refractivity contribution in [1.82, 2.24) is 0 Å². The van der Waals surface area contributed by atoms with Gasteiger partial charge in [-0.1, -0.05) is 0 Å². The minimum Gasteiger partial charge on any atom is -0.478 e. The quantitative estimate of drug-likeness (QED) is 0.671. The molecule has 0 aromatic heterocycles. The summed E-state index contributed by atoms with van der Waals surface area (Å²) < 4.78 is 116. The lowest BCUT2D eigenvalue weighted by Gasteiger charge is -2.23. The molecule has 0 bridgehead atoms. The van der Waals surface area contributed by atoms with Crippen molar-refractivity contribution in [1.29, 1.82) is 0 Å². The number of ether oxygens (including phenoxy) is 1. The molecule has 0 amide bonds. The molecule has 1 unspecified atom stereocenters. The Bertz CT molecular complexity index is 596. The molecule has 0 spiro atoms. The molecule has 3 nitrogen and oxygen atoms in total. The van der Waals surface area contributed by atoms with Gasteiger partial charge in [0.2, 0.25) is 11.6 Å². The van der Waals surface area contributed by atoms with Crippen LogP contribution in [0.5, 0.6) is 5.75 Å². The molecule has 1 aromatic carbocycles. The Morgan fingerprint density at radius 1 is 1.09 bits per heavy atom. The number of hydrogen-bond donors (Lipinski definition) is 1. The maximum absolute atomic E-state index is 13.4. The number of carboxylic acid groups (broad SMARTS) is 1. The lowest BCUT2D eigenvalue weighted by Crippen LogP contribution is -2.46. The molecule has 0 saturated heterocycles. The topological polar surface area (TPSA) is 46.5 Å². The summed E-state index contributed by atoms with van der Waals surface area (Å²) in [6.07, 6.45) is -17.0. The van der Waals surface area contributed by atoms with Gasteiger partial charge in [0.25, 0.3) is 6.17 Å². The van der Waals surface area contributed by atoms with Gasteiger partial charge < -0.3 is 9.84 Å². The fourth-order valence-corrected chi connectivity index (χ4v) is 1.20. The van der Waals surface area contributed by atoms with Crippen molar-refractivity contribution in [2.24, 2.45) is 0 Å². The summed E-state index contributed by atoms with van der Waals surface area (Å²) in [7, 11) is 0. The van der Waals surface area contributed by atoms with E-state index in [0.717, 1.165) is 0 Å². The van der Waals surface area contributed by atoms with E-state index in [2.05, 4.69) is 4.74 Å². The Morgan fingerprint density at radius 3 is 2.00 bits per heavy atom. The molecule has 0 aliphatic rings. The van der Waals surface area contributed by atoms with E-state index >= 15 is 0 Å². The maximum atomic E-state index is 13.4. The van der Waals surface area contributed by atoms with Crippen molar-refractivity contribution in [2.75, 3.05) is 0 Å². The number of aromatic carboxylic acids is 1. The van der Waals surface area contributed by atoms with Gasteiger partial charge in [-0.2, -0.15) is 26.3 Å². The maximum Gasteiger partial charge on any atom is 0.439 e. The number of benzene rings is 1. The number of carboxylic acids is 1. The average molecular weight is 342 g/mol. The highest BCUT2D eigenvalue weighted by Gasteiger charge is 2.60. The molecule has 0 aliphatic carbocycles. The van der Waals surface area contributed by atoms with Gasteiger partial charge in [-0.15, -0.1) is 0 Å². The molecular weight excluding hydrogens is 339 g/mol. The Hall–Kier alpha value is -2.14. The van der Waals surface area contributed by atoms with Crippen molar-refractivity contribution < 1.29 is 54.2 Å². The van der Waals surface area contributed by atoms with Crippen LogP contribution in [0.15, 0.2) is 6.07 Å². The summed E-state index contributed by atoms with van der Waals surface area (Å²) in [5.41, 5.74) is -1.70. The summed E-state index contributed by atoms with van der Waals surface area (Å²) in [5.74, 6) is -11.9. The molecule has 12 heteroatoms. The average Bonchev–Trinajstić information content (AvgIpc) is 2.36. The number of hydrogen-bond acceptors (Lipinski definition) is 2. The molecule has 0 aliphatic heterocycles. The summed E-state index contributed by atoms with van der Waals surface area (Å²) in [6, 6.07) is -0.255. The molecule has 124 valence electrons. The van der Waals surface area contributed by atoms with Crippen molar-refractivity contribution in [3.63, 3.8) is 0 Å². The fourth-order valence-electron chi connectivity index (χ4n) is 1.20. The zero-order valence-electron chi connectivity index (χ0n) is 9.82. The molecule has 1 rings (SSSR count). The van der Waals surface area contributed by atoms with E-state index in [9.17, 15) is 44.3 Å². The molecule has 0 fully saturated rings. The molecule has 0 radical (unpaired) electrons. The predicted molar refractivity (Wildman–Crippen MR) is 49.8 cm³/mol. The first-order valence-corrected chi connectivity index (χ1v) is 4.97. The fraction of sp³-hybridized carbons (Fsp3) is 0.300. The van der Waals surface area contributed by atoms with Crippen LogP contribution in [-0.2, 0) is 0 Å². The minimum atomic E-state index is -6.15. The Labute approximate surface area is 114 Å². The second-order valence-corrected chi connectivity index (χ2v) is 3.74. The van der Waals surface area contributed by atoms with Gasteiger partial charge in [0.1, 0.15) is 5.56 Å². The van der Waals surface area contributed by atoms with Crippen molar-refractivity contribution >= 4 is 5.97 Å². The van der Waals surface area contributed by atoms with Gasteiger partial charge in [0.05, 0.1) is 0 Å². The lowest BCUT2D eigenvalue weighted by molar-refractivity contribution is -0.306. The zero-order valence-corrected chi connectivity index (χ0v) is 9.82. The highest BCUT2D eigenvalue weighted by Crippen LogP contribution is 2.39. The van der Waals surface area contributed by atoms with Crippen LogP contribution in [0.25, 0.3) is 0 Å². The summed E-state index contributed by atoms with van der Waals surface area (Å²) in [5, 5.41) is 8.42. The first-order chi connectivity index (χ1) is 9.79. The number of halogens is 9. The van der Waals surface area contributed by atoms with E-state index in [4.69, 9.17) is 5.11 Å². The molecule has 22 heavy (non-hydrogen) atoms. The SMILES string of the molecule is O=C(O)c1cc(F)c(F)c(OC(F)(F)C(F)C(F)(F)F)c1F. The third-order valence-corrected chi connectivity index (χ3v) is 2.17. The Morgan fingerprint density at radius 2 is 1.59 bits per heavy atom. The van der Waals surface area contributed by atoms with Crippen LogP contribution in [0.1, 0.15) is 10.4 Å². The van der Waals surface area contributed by atoms with Crippen molar-refractivity contribution in [3.05, 3.63) is 29.1 Å². The predicted octanol–water partition coefficient (Wildman–Crippen LogP) is 3.67. The van der Waals surface area contributed by atoms with Crippen molar-refractivity contribution in [3.8, 4) is 5.75 Å². The molecule has 1 aromatic rings. The van der Waals surface area contributed by atoms with Crippen LogP contribution in [0.2, 0.25) is 0 Å². The normalized spacial score (nSPS) is 13.9. The summed E-state index contributed by atoms with van der Waals surface area (Å²) in [4.78, 5) is 10.5. The van der Waals surface area contributed by atoms with Crippen LogP contribution >= 0.6 is 0 Å². The standard InChI is InChI=1S/C10H3F9O3/c11-3-1-2(7(20)21)4(12)6(5(3)13)22-10(18,19)8(14)9(15,16)17/h1,8H,(H,20,21). The Balaban J connectivity index is 3.37. The molecule has 0 heterocycles. The van der Waals surface area contributed by atoms with Crippen LogP contribution in [-0.4, -0.2) is 29.5 Å². The van der Waals surface area contributed by atoms with E-state index in [1.54, 1.807) is 0 Å². The Kier molecular flexibility index (Phi) is 4.54. The largest absolute Gasteiger partial charge is 0.478 e. The molecular formula is C10H3F9O3. The zero-order chi connectivity index (χ0) is 17.5. The third-order valence-electron chi connectivity index (χ3n) is 2.17. The van der Waals surface area contributed by atoms with E-state index in [1.807, 2.05) is 0 Å². The van der Waals surface area contributed by atoms with Gasteiger partial charge in [0.15, 0.2) is 11.6 Å². The lowest BCUT2D eigenvalue weighted by atomic mass is 10.2. The van der Waals surface area contributed by atoms with Crippen LogP contribution in [0, 0.1) is 17.5 Å². The van der Waals surface area contributed by atoms with Crippen LogP contribution < -0.4 is 4.74 Å². The van der Waals surface area contributed by atoms with E-state index < -0.39 is 53.2 Å².